The molecule has 0 amide bonds. The van der Waals surface area contributed by atoms with Crippen LogP contribution in [0.1, 0.15) is 16.0 Å². The Balaban J connectivity index is 2.28. The number of hydrogen-bond acceptors (Lipinski definition) is 3. The van der Waals surface area contributed by atoms with Crippen molar-refractivity contribution >= 4 is 17.0 Å². The molecule has 0 fully saturated rings. The zero-order chi connectivity index (χ0) is 9.97. The standard InChI is InChI=1S/C11H12N2S/c1-8-9(3-5-14-8)6-10-7-13-4-2-11(10)12/h2-5,7H,6H2,1H3,(H2,12,13). The zero-order valence-corrected chi connectivity index (χ0v) is 8.84. The van der Waals surface area contributed by atoms with Gasteiger partial charge in [-0.2, -0.15) is 0 Å². The highest BCUT2D eigenvalue weighted by Gasteiger charge is 2.03. The summed E-state index contributed by atoms with van der Waals surface area (Å²) in [6.07, 6.45) is 4.45. The first-order valence-corrected chi connectivity index (χ1v) is 5.36. The minimum absolute atomic E-state index is 0.825. The fraction of sp³-hybridized carbons (Fsp3) is 0.182. The highest BCUT2D eigenvalue weighted by Crippen LogP contribution is 2.21. The Labute approximate surface area is 87.4 Å². The van der Waals surface area contributed by atoms with Gasteiger partial charge < -0.3 is 5.73 Å². The summed E-state index contributed by atoms with van der Waals surface area (Å²) in [4.78, 5) is 5.43. The van der Waals surface area contributed by atoms with Gasteiger partial charge in [0, 0.05) is 29.4 Å². The van der Waals surface area contributed by atoms with Gasteiger partial charge in [0.25, 0.3) is 0 Å². The minimum Gasteiger partial charge on any atom is -0.398 e. The summed E-state index contributed by atoms with van der Waals surface area (Å²) in [5, 5.41) is 2.11. The third-order valence-electron chi connectivity index (χ3n) is 2.29. The Kier molecular flexibility index (Phi) is 2.50. The van der Waals surface area contributed by atoms with Crippen LogP contribution in [0.5, 0.6) is 0 Å². The van der Waals surface area contributed by atoms with E-state index in [0.717, 1.165) is 17.7 Å². The SMILES string of the molecule is Cc1sccc1Cc1cnccc1N. The first-order chi connectivity index (χ1) is 6.77. The van der Waals surface area contributed by atoms with Crippen LogP contribution in [-0.2, 0) is 6.42 Å². The molecule has 0 aromatic carbocycles. The molecule has 0 saturated heterocycles. The molecule has 0 unspecified atom stereocenters. The second kappa shape index (κ2) is 3.80. The van der Waals surface area contributed by atoms with E-state index in [1.165, 1.54) is 10.4 Å². The largest absolute Gasteiger partial charge is 0.398 e. The number of aryl methyl sites for hydroxylation is 1. The molecule has 0 bridgehead atoms. The zero-order valence-electron chi connectivity index (χ0n) is 8.03. The van der Waals surface area contributed by atoms with Crippen molar-refractivity contribution in [1.29, 1.82) is 0 Å². The minimum atomic E-state index is 0.825. The number of hydrogen-bond donors (Lipinski definition) is 1. The maximum Gasteiger partial charge on any atom is 0.0380 e. The van der Waals surface area contributed by atoms with Crippen LogP contribution in [-0.4, -0.2) is 4.98 Å². The molecule has 0 spiro atoms. The van der Waals surface area contributed by atoms with Crippen molar-refractivity contribution in [3.05, 3.63) is 45.9 Å². The monoisotopic (exact) mass is 204 g/mol. The summed E-state index contributed by atoms with van der Waals surface area (Å²) >= 11 is 1.77. The van der Waals surface area contributed by atoms with Gasteiger partial charge in [0.2, 0.25) is 0 Å². The van der Waals surface area contributed by atoms with Gasteiger partial charge in [0.15, 0.2) is 0 Å². The van der Waals surface area contributed by atoms with Crippen LogP contribution >= 0.6 is 11.3 Å². The summed E-state index contributed by atoms with van der Waals surface area (Å²) in [5.74, 6) is 0. The quantitative estimate of drug-likeness (QED) is 0.816. The number of pyridine rings is 1. The number of nitrogens with zero attached hydrogens (tertiary/aromatic N) is 1. The van der Waals surface area contributed by atoms with E-state index in [-0.39, 0.29) is 0 Å². The molecule has 2 rings (SSSR count). The number of aromatic nitrogens is 1. The van der Waals surface area contributed by atoms with Gasteiger partial charge in [-0.3, -0.25) is 4.98 Å². The van der Waals surface area contributed by atoms with Gasteiger partial charge in [-0.25, -0.2) is 0 Å². The lowest BCUT2D eigenvalue weighted by molar-refractivity contribution is 1.15. The Hall–Kier alpha value is -1.35. The molecule has 0 aliphatic carbocycles. The van der Waals surface area contributed by atoms with Crippen LogP contribution in [0.4, 0.5) is 5.69 Å². The third-order valence-corrected chi connectivity index (χ3v) is 3.18. The number of nitrogens with two attached hydrogens (primary N) is 1. The molecule has 2 N–H and O–H groups in total. The summed E-state index contributed by atoms with van der Waals surface area (Å²) in [6, 6.07) is 3.99. The van der Waals surface area contributed by atoms with Gasteiger partial charge in [-0.05, 0) is 35.6 Å². The Bertz CT molecular complexity index is 434. The molecule has 2 nitrogen and oxygen atoms in total. The van der Waals surface area contributed by atoms with Crippen molar-refractivity contribution in [3.8, 4) is 0 Å². The van der Waals surface area contributed by atoms with E-state index in [0.29, 0.717) is 0 Å². The molecular formula is C11H12N2S. The van der Waals surface area contributed by atoms with Gasteiger partial charge in [-0.15, -0.1) is 11.3 Å². The molecule has 72 valence electrons. The maximum absolute atomic E-state index is 5.85. The third kappa shape index (κ3) is 1.77. The van der Waals surface area contributed by atoms with E-state index < -0.39 is 0 Å². The van der Waals surface area contributed by atoms with Crippen molar-refractivity contribution in [3.63, 3.8) is 0 Å². The predicted molar refractivity (Wildman–Crippen MR) is 60.5 cm³/mol. The maximum atomic E-state index is 5.85. The van der Waals surface area contributed by atoms with Crippen LogP contribution in [0.3, 0.4) is 0 Å². The number of rotatable bonds is 2. The molecule has 0 aliphatic rings. The summed E-state index contributed by atoms with van der Waals surface area (Å²) in [5.41, 5.74) is 9.12. The van der Waals surface area contributed by atoms with Gasteiger partial charge in [-0.1, -0.05) is 0 Å². The molecular weight excluding hydrogens is 192 g/mol. The van der Waals surface area contributed by atoms with Crippen molar-refractivity contribution in [2.45, 2.75) is 13.3 Å². The Morgan fingerprint density at radius 3 is 2.86 bits per heavy atom. The van der Waals surface area contributed by atoms with Crippen molar-refractivity contribution in [2.75, 3.05) is 5.73 Å². The van der Waals surface area contributed by atoms with Gasteiger partial charge in [0.05, 0.1) is 0 Å². The molecule has 3 heteroatoms. The molecule has 0 radical (unpaired) electrons. The lowest BCUT2D eigenvalue weighted by Crippen LogP contribution is -1.96. The Morgan fingerprint density at radius 2 is 2.21 bits per heavy atom. The van der Waals surface area contributed by atoms with Gasteiger partial charge in [0.1, 0.15) is 0 Å². The molecule has 2 heterocycles. The summed E-state index contributed by atoms with van der Waals surface area (Å²) in [7, 11) is 0. The lowest BCUT2D eigenvalue weighted by atomic mass is 10.1. The second-order valence-corrected chi connectivity index (χ2v) is 4.37. The second-order valence-electron chi connectivity index (χ2n) is 3.25. The normalized spacial score (nSPS) is 10.4. The summed E-state index contributed by atoms with van der Waals surface area (Å²) < 4.78 is 0. The van der Waals surface area contributed by atoms with E-state index in [9.17, 15) is 0 Å². The molecule has 0 saturated carbocycles. The van der Waals surface area contributed by atoms with E-state index in [4.69, 9.17) is 5.73 Å². The lowest BCUT2D eigenvalue weighted by Gasteiger charge is -2.03. The first kappa shape index (κ1) is 9.21. The number of nitrogen functional groups attached to an aromatic ring is 1. The highest BCUT2D eigenvalue weighted by molar-refractivity contribution is 7.10. The average Bonchev–Trinajstić information content (AvgIpc) is 2.56. The molecule has 0 atom stereocenters. The molecule has 14 heavy (non-hydrogen) atoms. The van der Waals surface area contributed by atoms with E-state index in [1.54, 1.807) is 17.5 Å². The molecule has 2 aromatic heterocycles. The molecule has 0 aliphatic heterocycles. The topological polar surface area (TPSA) is 38.9 Å². The van der Waals surface area contributed by atoms with Crippen LogP contribution < -0.4 is 5.73 Å². The fourth-order valence-electron chi connectivity index (χ4n) is 1.39. The van der Waals surface area contributed by atoms with Gasteiger partial charge >= 0.3 is 0 Å². The van der Waals surface area contributed by atoms with E-state index in [2.05, 4.69) is 23.4 Å². The highest BCUT2D eigenvalue weighted by atomic mass is 32.1. The summed E-state index contributed by atoms with van der Waals surface area (Å²) in [6.45, 7) is 2.13. The molecule has 2 aromatic rings. The predicted octanol–water partition coefficient (Wildman–Crippen LogP) is 2.62. The average molecular weight is 204 g/mol. The van der Waals surface area contributed by atoms with E-state index in [1.807, 2.05) is 12.3 Å². The number of thiophene rings is 1. The smallest absolute Gasteiger partial charge is 0.0380 e. The van der Waals surface area contributed by atoms with Crippen LogP contribution in [0.25, 0.3) is 0 Å². The van der Waals surface area contributed by atoms with Crippen LogP contribution in [0.15, 0.2) is 29.9 Å². The van der Waals surface area contributed by atoms with Crippen molar-refractivity contribution < 1.29 is 0 Å². The van der Waals surface area contributed by atoms with Crippen molar-refractivity contribution in [1.82, 2.24) is 4.98 Å². The first-order valence-electron chi connectivity index (χ1n) is 4.48. The fourth-order valence-corrected chi connectivity index (χ4v) is 2.11. The Morgan fingerprint density at radius 1 is 1.36 bits per heavy atom. The van der Waals surface area contributed by atoms with Crippen LogP contribution in [0.2, 0.25) is 0 Å². The van der Waals surface area contributed by atoms with E-state index >= 15 is 0 Å². The number of anilines is 1. The van der Waals surface area contributed by atoms with Crippen molar-refractivity contribution in [2.24, 2.45) is 0 Å². The van der Waals surface area contributed by atoms with Crippen LogP contribution in [0, 0.1) is 6.92 Å².